The van der Waals surface area contributed by atoms with E-state index in [0.29, 0.717) is 12.5 Å². The maximum Gasteiger partial charge on any atom is 0.220 e. The molecule has 0 bridgehead atoms. The van der Waals surface area contributed by atoms with Crippen LogP contribution in [-0.2, 0) is 4.79 Å². The fourth-order valence-corrected chi connectivity index (χ4v) is 1.65. The standard InChI is InChI=1S/C10H17ClN2O/c1-7(5-11)6-12-9-3-4-10(14)13-8(9)2/h5,8-9,12H,3-4,6H2,1-2H3,(H,13,14)/b7-5+. The van der Waals surface area contributed by atoms with Crippen LogP contribution in [0.1, 0.15) is 26.7 Å². The number of amides is 1. The third-order valence-electron chi connectivity index (χ3n) is 2.50. The molecule has 2 unspecified atom stereocenters. The molecular weight excluding hydrogens is 200 g/mol. The molecule has 1 amide bonds. The zero-order valence-electron chi connectivity index (χ0n) is 8.64. The molecule has 14 heavy (non-hydrogen) atoms. The summed E-state index contributed by atoms with van der Waals surface area (Å²) in [7, 11) is 0. The lowest BCUT2D eigenvalue weighted by Gasteiger charge is -2.30. The van der Waals surface area contributed by atoms with Gasteiger partial charge in [-0.1, -0.05) is 11.6 Å². The largest absolute Gasteiger partial charge is 0.352 e. The molecule has 1 saturated heterocycles. The lowest BCUT2D eigenvalue weighted by atomic mass is 9.99. The van der Waals surface area contributed by atoms with Crippen molar-refractivity contribution in [3.8, 4) is 0 Å². The highest BCUT2D eigenvalue weighted by molar-refractivity contribution is 6.25. The summed E-state index contributed by atoms with van der Waals surface area (Å²) in [6.45, 7) is 4.79. The molecule has 0 saturated carbocycles. The Balaban J connectivity index is 2.34. The second kappa shape index (κ2) is 5.37. The molecule has 1 rings (SSSR count). The number of halogens is 1. The van der Waals surface area contributed by atoms with E-state index in [4.69, 9.17) is 11.6 Å². The molecule has 1 heterocycles. The second-order valence-electron chi connectivity index (χ2n) is 3.84. The highest BCUT2D eigenvalue weighted by Gasteiger charge is 2.24. The van der Waals surface area contributed by atoms with E-state index in [2.05, 4.69) is 10.6 Å². The maximum absolute atomic E-state index is 11.0. The van der Waals surface area contributed by atoms with Gasteiger partial charge in [-0.25, -0.2) is 0 Å². The average Bonchev–Trinajstić information content (AvgIpc) is 2.16. The number of rotatable bonds is 3. The molecule has 0 aromatic rings. The Morgan fingerprint density at radius 1 is 1.79 bits per heavy atom. The van der Waals surface area contributed by atoms with Gasteiger partial charge in [-0.3, -0.25) is 4.79 Å². The van der Waals surface area contributed by atoms with Crippen LogP contribution in [0.15, 0.2) is 11.1 Å². The third-order valence-corrected chi connectivity index (χ3v) is 2.88. The Morgan fingerprint density at radius 2 is 2.50 bits per heavy atom. The smallest absolute Gasteiger partial charge is 0.220 e. The molecule has 3 nitrogen and oxygen atoms in total. The molecule has 2 atom stereocenters. The number of hydrogen-bond donors (Lipinski definition) is 2. The van der Waals surface area contributed by atoms with Crippen LogP contribution in [0.25, 0.3) is 0 Å². The lowest BCUT2D eigenvalue weighted by molar-refractivity contribution is -0.123. The van der Waals surface area contributed by atoms with Gasteiger partial charge < -0.3 is 10.6 Å². The van der Waals surface area contributed by atoms with Crippen LogP contribution >= 0.6 is 11.6 Å². The van der Waals surface area contributed by atoms with E-state index >= 15 is 0 Å². The molecule has 0 aliphatic carbocycles. The number of carbonyl (C=O) groups excluding carboxylic acids is 1. The van der Waals surface area contributed by atoms with E-state index in [1.165, 1.54) is 0 Å². The average molecular weight is 217 g/mol. The van der Waals surface area contributed by atoms with Crippen molar-refractivity contribution in [3.05, 3.63) is 11.1 Å². The van der Waals surface area contributed by atoms with Crippen molar-refractivity contribution in [1.29, 1.82) is 0 Å². The molecular formula is C10H17ClN2O. The van der Waals surface area contributed by atoms with Crippen molar-refractivity contribution >= 4 is 17.5 Å². The van der Waals surface area contributed by atoms with E-state index in [1.807, 2.05) is 13.8 Å². The van der Waals surface area contributed by atoms with Gasteiger partial charge in [0.25, 0.3) is 0 Å². The number of carbonyl (C=O) groups is 1. The molecule has 0 radical (unpaired) electrons. The summed E-state index contributed by atoms with van der Waals surface area (Å²) in [5, 5.41) is 6.29. The number of piperidine rings is 1. The molecule has 4 heteroatoms. The minimum Gasteiger partial charge on any atom is -0.352 e. The van der Waals surface area contributed by atoms with Gasteiger partial charge in [0, 0.05) is 30.6 Å². The van der Waals surface area contributed by atoms with E-state index in [1.54, 1.807) is 5.54 Å². The first-order valence-corrected chi connectivity index (χ1v) is 5.35. The fourth-order valence-electron chi connectivity index (χ4n) is 1.57. The van der Waals surface area contributed by atoms with Crippen LogP contribution < -0.4 is 10.6 Å². The maximum atomic E-state index is 11.0. The van der Waals surface area contributed by atoms with Crippen molar-refractivity contribution in [2.45, 2.75) is 38.8 Å². The summed E-state index contributed by atoms with van der Waals surface area (Å²) >= 11 is 5.56. The van der Waals surface area contributed by atoms with Crippen molar-refractivity contribution < 1.29 is 4.79 Å². The minimum absolute atomic E-state index is 0.153. The minimum atomic E-state index is 0.153. The summed E-state index contributed by atoms with van der Waals surface area (Å²) in [6, 6.07) is 0.568. The van der Waals surface area contributed by atoms with Crippen LogP contribution in [0, 0.1) is 0 Å². The highest BCUT2D eigenvalue weighted by atomic mass is 35.5. The summed E-state index contributed by atoms with van der Waals surface area (Å²) in [4.78, 5) is 11.0. The van der Waals surface area contributed by atoms with Gasteiger partial charge in [0.05, 0.1) is 0 Å². The Kier molecular flexibility index (Phi) is 4.42. The molecule has 1 aliphatic heterocycles. The second-order valence-corrected chi connectivity index (χ2v) is 4.06. The first kappa shape index (κ1) is 11.5. The van der Waals surface area contributed by atoms with Gasteiger partial charge >= 0.3 is 0 Å². The molecule has 0 aromatic heterocycles. The Bertz CT molecular complexity index is 240. The first-order valence-electron chi connectivity index (χ1n) is 4.92. The first-order chi connectivity index (χ1) is 6.63. The van der Waals surface area contributed by atoms with Gasteiger partial charge in [0.15, 0.2) is 0 Å². The van der Waals surface area contributed by atoms with E-state index in [-0.39, 0.29) is 11.9 Å². The SMILES string of the molecule is C/C(=C\Cl)CNC1CCC(=O)NC1C. The zero-order chi connectivity index (χ0) is 10.6. The molecule has 2 N–H and O–H groups in total. The topological polar surface area (TPSA) is 41.1 Å². The van der Waals surface area contributed by atoms with E-state index < -0.39 is 0 Å². The van der Waals surface area contributed by atoms with Crippen molar-refractivity contribution in [2.24, 2.45) is 0 Å². The zero-order valence-corrected chi connectivity index (χ0v) is 9.40. The summed E-state index contributed by atoms with van der Waals surface area (Å²) < 4.78 is 0. The summed E-state index contributed by atoms with van der Waals surface area (Å²) in [5.41, 5.74) is 2.69. The van der Waals surface area contributed by atoms with Crippen molar-refractivity contribution in [2.75, 3.05) is 6.54 Å². The van der Waals surface area contributed by atoms with E-state index in [9.17, 15) is 4.79 Å². The summed E-state index contributed by atoms with van der Waals surface area (Å²) in [6.07, 6.45) is 1.52. The predicted molar refractivity (Wildman–Crippen MR) is 58.2 cm³/mol. The van der Waals surface area contributed by atoms with Crippen LogP contribution in [-0.4, -0.2) is 24.5 Å². The van der Waals surface area contributed by atoms with E-state index in [0.717, 1.165) is 18.5 Å². The highest BCUT2D eigenvalue weighted by Crippen LogP contribution is 2.09. The molecule has 1 aliphatic rings. The Hall–Kier alpha value is -0.540. The van der Waals surface area contributed by atoms with Crippen LogP contribution in [0.4, 0.5) is 0 Å². The quantitative estimate of drug-likeness (QED) is 0.749. The Labute approximate surface area is 89.9 Å². The number of nitrogens with one attached hydrogen (secondary N) is 2. The summed E-state index contributed by atoms with van der Waals surface area (Å²) in [5.74, 6) is 0.153. The van der Waals surface area contributed by atoms with Gasteiger partial charge in [0.1, 0.15) is 0 Å². The normalized spacial score (nSPS) is 28.8. The van der Waals surface area contributed by atoms with Gasteiger partial charge in [0.2, 0.25) is 5.91 Å². The Morgan fingerprint density at radius 3 is 3.07 bits per heavy atom. The van der Waals surface area contributed by atoms with Gasteiger partial charge in [-0.2, -0.15) is 0 Å². The van der Waals surface area contributed by atoms with Crippen molar-refractivity contribution in [3.63, 3.8) is 0 Å². The van der Waals surface area contributed by atoms with Crippen LogP contribution in [0.3, 0.4) is 0 Å². The van der Waals surface area contributed by atoms with Gasteiger partial charge in [-0.15, -0.1) is 0 Å². The van der Waals surface area contributed by atoms with Crippen LogP contribution in [0.2, 0.25) is 0 Å². The van der Waals surface area contributed by atoms with Crippen molar-refractivity contribution in [1.82, 2.24) is 10.6 Å². The molecule has 0 spiro atoms. The fraction of sp³-hybridized carbons (Fsp3) is 0.700. The van der Waals surface area contributed by atoms with Gasteiger partial charge in [-0.05, 0) is 25.8 Å². The monoisotopic (exact) mass is 216 g/mol. The number of hydrogen-bond acceptors (Lipinski definition) is 2. The lowest BCUT2D eigenvalue weighted by Crippen LogP contribution is -2.52. The third kappa shape index (κ3) is 3.31. The molecule has 80 valence electrons. The molecule has 1 fully saturated rings. The molecule has 0 aromatic carbocycles. The predicted octanol–water partition coefficient (Wildman–Crippen LogP) is 1.39. The van der Waals surface area contributed by atoms with Crippen LogP contribution in [0.5, 0.6) is 0 Å².